The first kappa shape index (κ1) is 19.3. The number of carbonyl (C=O) groups excluding carboxylic acids is 2. The Kier molecular flexibility index (Phi) is 5.22. The summed E-state index contributed by atoms with van der Waals surface area (Å²) in [5.74, 6) is -0.508. The molecule has 0 saturated heterocycles. The van der Waals surface area contributed by atoms with E-state index in [-0.39, 0.29) is 17.8 Å². The van der Waals surface area contributed by atoms with Gasteiger partial charge in [-0.15, -0.1) is 0 Å². The summed E-state index contributed by atoms with van der Waals surface area (Å²) >= 11 is 0. The molecule has 3 rings (SSSR count). The normalized spacial score (nSPS) is 24.2. The van der Waals surface area contributed by atoms with E-state index in [4.69, 9.17) is 14.5 Å². The third-order valence-electron chi connectivity index (χ3n) is 5.33. The van der Waals surface area contributed by atoms with Crippen LogP contribution in [0.5, 0.6) is 5.75 Å². The van der Waals surface area contributed by atoms with E-state index in [1.54, 1.807) is 14.0 Å². The van der Waals surface area contributed by atoms with Crippen molar-refractivity contribution in [2.75, 3.05) is 13.7 Å². The van der Waals surface area contributed by atoms with Crippen molar-refractivity contribution < 1.29 is 19.1 Å². The first-order valence-electron chi connectivity index (χ1n) is 9.40. The number of rotatable bonds is 4. The Hall–Kier alpha value is -2.43. The maximum Gasteiger partial charge on any atom is 0.336 e. The van der Waals surface area contributed by atoms with Gasteiger partial charge >= 0.3 is 5.97 Å². The van der Waals surface area contributed by atoms with Crippen LogP contribution in [-0.4, -0.2) is 31.2 Å². The number of ether oxygens (including phenoxy) is 2. The summed E-state index contributed by atoms with van der Waals surface area (Å²) in [6.07, 6.45) is 1.21. The van der Waals surface area contributed by atoms with E-state index in [2.05, 4.69) is 13.8 Å². The van der Waals surface area contributed by atoms with Gasteiger partial charge in [0.1, 0.15) is 11.5 Å². The van der Waals surface area contributed by atoms with E-state index in [9.17, 15) is 9.59 Å². The molecule has 144 valence electrons. The lowest BCUT2D eigenvalue weighted by atomic mass is 9.63. The van der Waals surface area contributed by atoms with Crippen molar-refractivity contribution in [3.63, 3.8) is 0 Å². The number of allylic oxidation sites excluding steroid dienone is 1. The molecule has 5 heteroatoms. The summed E-state index contributed by atoms with van der Waals surface area (Å²) in [7, 11) is 1.60. The first-order chi connectivity index (χ1) is 12.8. The summed E-state index contributed by atoms with van der Waals surface area (Å²) < 4.78 is 10.9. The van der Waals surface area contributed by atoms with Crippen LogP contribution >= 0.6 is 0 Å². The number of hydrogen-bond donors (Lipinski definition) is 0. The lowest BCUT2D eigenvalue weighted by Crippen LogP contribution is -2.44. The largest absolute Gasteiger partial charge is 0.496 e. The van der Waals surface area contributed by atoms with Crippen LogP contribution in [0.1, 0.15) is 52.0 Å². The van der Waals surface area contributed by atoms with Gasteiger partial charge in [-0.25, -0.2) is 4.79 Å². The highest BCUT2D eigenvalue weighted by Crippen LogP contribution is 2.48. The third kappa shape index (κ3) is 3.55. The van der Waals surface area contributed by atoms with Gasteiger partial charge < -0.3 is 9.47 Å². The highest BCUT2D eigenvalue weighted by molar-refractivity contribution is 6.12. The topological polar surface area (TPSA) is 65.0 Å². The fraction of sp³-hybridized carbons (Fsp3) is 0.500. The molecular weight excluding hydrogens is 342 g/mol. The maximum absolute atomic E-state index is 13.2. The smallest absolute Gasteiger partial charge is 0.336 e. The highest BCUT2D eigenvalue weighted by Gasteiger charge is 2.48. The molecule has 0 spiro atoms. The predicted octanol–water partition coefficient (Wildman–Crippen LogP) is 4.08. The molecule has 2 atom stereocenters. The van der Waals surface area contributed by atoms with Gasteiger partial charge in [0, 0.05) is 29.3 Å². The monoisotopic (exact) mass is 369 g/mol. The predicted molar refractivity (Wildman–Crippen MR) is 104 cm³/mol. The molecule has 2 aliphatic rings. The van der Waals surface area contributed by atoms with Gasteiger partial charge in [-0.2, -0.15) is 0 Å². The number of nitrogens with zero attached hydrogens (tertiary/aromatic N) is 1. The average molecular weight is 369 g/mol. The Morgan fingerprint density at radius 3 is 2.59 bits per heavy atom. The molecule has 0 bridgehead atoms. The summed E-state index contributed by atoms with van der Waals surface area (Å²) in [5, 5.41) is 0. The summed E-state index contributed by atoms with van der Waals surface area (Å²) in [4.78, 5) is 30.7. The number of benzene rings is 1. The Labute approximate surface area is 160 Å². The molecule has 1 saturated carbocycles. The number of esters is 1. The Balaban J connectivity index is 2.21. The number of para-hydroxylation sites is 1. The van der Waals surface area contributed by atoms with Gasteiger partial charge in [0.05, 0.1) is 25.2 Å². The minimum absolute atomic E-state index is 0.121. The zero-order chi connectivity index (χ0) is 19.8. The van der Waals surface area contributed by atoms with E-state index in [0.717, 1.165) is 17.7 Å². The summed E-state index contributed by atoms with van der Waals surface area (Å²) in [6, 6.07) is 7.56. The van der Waals surface area contributed by atoms with Crippen molar-refractivity contribution in [2.24, 2.45) is 16.3 Å². The second kappa shape index (κ2) is 7.29. The number of carbonyl (C=O) groups is 2. The van der Waals surface area contributed by atoms with Crippen LogP contribution in [0.3, 0.4) is 0 Å². The number of Topliss-reactive ketones (excluding diaryl/α,β-unsaturated/α-hetero) is 1. The Bertz CT molecular complexity index is 834. The zero-order valence-corrected chi connectivity index (χ0v) is 16.7. The summed E-state index contributed by atoms with van der Waals surface area (Å²) in [5.41, 5.74) is 2.65. The molecule has 2 unspecified atom stereocenters. The third-order valence-corrected chi connectivity index (χ3v) is 5.33. The molecule has 27 heavy (non-hydrogen) atoms. The standard InChI is InChI=1S/C22H27NO4/c1-6-27-21(25)18-13(2)23-15-11-22(3,4)12-16(24)20(15)19(18)14-9-7-8-10-17(14)26-5/h7-10,19-20H,6,11-12H2,1-5H3. The van der Waals surface area contributed by atoms with Crippen molar-refractivity contribution in [1.82, 2.24) is 0 Å². The van der Waals surface area contributed by atoms with Gasteiger partial charge in [0.25, 0.3) is 0 Å². The van der Waals surface area contributed by atoms with Crippen LogP contribution in [0.25, 0.3) is 0 Å². The van der Waals surface area contributed by atoms with Gasteiger partial charge in [0.2, 0.25) is 0 Å². The van der Waals surface area contributed by atoms with Crippen LogP contribution < -0.4 is 4.74 Å². The molecule has 1 fully saturated rings. The van der Waals surface area contributed by atoms with Crippen molar-refractivity contribution in [2.45, 2.75) is 46.5 Å². The van der Waals surface area contributed by atoms with Crippen molar-refractivity contribution in [3.05, 3.63) is 41.1 Å². The van der Waals surface area contributed by atoms with Gasteiger partial charge in [-0.1, -0.05) is 32.0 Å². The molecule has 1 aliphatic carbocycles. The minimum Gasteiger partial charge on any atom is -0.496 e. The molecule has 1 heterocycles. The number of ketones is 1. The van der Waals surface area contributed by atoms with Gasteiger partial charge in [0.15, 0.2) is 0 Å². The molecule has 1 aromatic rings. The molecular formula is C22H27NO4. The van der Waals surface area contributed by atoms with Gasteiger partial charge in [-0.3, -0.25) is 9.79 Å². The van der Waals surface area contributed by atoms with Gasteiger partial charge in [-0.05, 0) is 31.7 Å². The van der Waals surface area contributed by atoms with Crippen LogP contribution in [0.15, 0.2) is 40.5 Å². The van der Waals surface area contributed by atoms with E-state index in [0.29, 0.717) is 23.4 Å². The Morgan fingerprint density at radius 2 is 1.93 bits per heavy atom. The molecule has 0 radical (unpaired) electrons. The van der Waals surface area contributed by atoms with E-state index in [1.807, 2.05) is 31.2 Å². The second-order valence-electron chi connectivity index (χ2n) is 8.00. The fourth-order valence-electron chi connectivity index (χ4n) is 4.33. The number of methoxy groups -OCH3 is 1. The molecule has 0 aromatic heterocycles. The zero-order valence-electron chi connectivity index (χ0n) is 16.7. The average Bonchev–Trinajstić information content (AvgIpc) is 2.59. The van der Waals surface area contributed by atoms with Crippen molar-refractivity contribution in [3.8, 4) is 5.75 Å². The second-order valence-corrected chi connectivity index (χ2v) is 8.00. The molecule has 0 N–H and O–H groups in total. The highest BCUT2D eigenvalue weighted by atomic mass is 16.5. The molecule has 1 aromatic carbocycles. The molecule has 1 aliphatic heterocycles. The van der Waals surface area contributed by atoms with E-state index >= 15 is 0 Å². The van der Waals surface area contributed by atoms with E-state index < -0.39 is 17.8 Å². The summed E-state index contributed by atoms with van der Waals surface area (Å²) in [6.45, 7) is 8.04. The number of fused-ring (bicyclic) bond motifs is 1. The lowest BCUT2D eigenvalue weighted by Gasteiger charge is -2.41. The van der Waals surface area contributed by atoms with Crippen molar-refractivity contribution in [1.29, 1.82) is 0 Å². The fourth-order valence-corrected chi connectivity index (χ4v) is 4.33. The molecule has 0 amide bonds. The van der Waals surface area contributed by atoms with Crippen LogP contribution in [0.2, 0.25) is 0 Å². The van der Waals surface area contributed by atoms with Crippen LogP contribution in [0.4, 0.5) is 0 Å². The quantitative estimate of drug-likeness (QED) is 0.750. The minimum atomic E-state index is -0.447. The first-order valence-corrected chi connectivity index (χ1v) is 9.40. The van der Waals surface area contributed by atoms with E-state index in [1.165, 1.54) is 0 Å². The van der Waals surface area contributed by atoms with Crippen molar-refractivity contribution >= 4 is 17.5 Å². The Morgan fingerprint density at radius 1 is 1.22 bits per heavy atom. The van der Waals surface area contributed by atoms with Crippen LogP contribution in [-0.2, 0) is 14.3 Å². The van der Waals surface area contributed by atoms with Crippen LogP contribution in [0, 0.1) is 11.3 Å². The number of hydrogen-bond acceptors (Lipinski definition) is 5. The maximum atomic E-state index is 13.2. The lowest BCUT2D eigenvalue weighted by molar-refractivity contribution is -0.139. The molecule has 5 nitrogen and oxygen atoms in total. The SMILES string of the molecule is CCOC(=O)C1=C(C)N=C2CC(C)(C)CC(=O)C2C1c1ccccc1OC. The number of aliphatic imine (C=N–C) groups is 1.